The lowest BCUT2D eigenvalue weighted by Gasteiger charge is -2.17. The van der Waals surface area contributed by atoms with Gasteiger partial charge in [-0.25, -0.2) is 4.39 Å². The fourth-order valence-electron chi connectivity index (χ4n) is 1.47. The molecule has 0 spiro atoms. The van der Waals surface area contributed by atoms with E-state index in [1.54, 1.807) is 6.20 Å². The highest BCUT2D eigenvalue weighted by atomic mass is 19.1. The van der Waals surface area contributed by atoms with E-state index in [1.807, 2.05) is 20.8 Å². The first-order valence-corrected chi connectivity index (χ1v) is 5.59. The Kier molecular flexibility index (Phi) is 5.35. The van der Waals surface area contributed by atoms with Crippen molar-refractivity contribution in [3.05, 3.63) is 29.8 Å². The maximum Gasteiger partial charge on any atom is 0.141 e. The lowest BCUT2D eigenvalue weighted by molar-refractivity contribution is 0.0743. The average Bonchev–Trinajstić information content (AvgIpc) is 2.26. The van der Waals surface area contributed by atoms with Gasteiger partial charge in [-0.15, -0.1) is 0 Å². The van der Waals surface area contributed by atoms with Crippen molar-refractivity contribution in [3.8, 4) is 0 Å². The molecule has 0 saturated carbocycles. The number of rotatable bonds is 6. The van der Waals surface area contributed by atoms with Gasteiger partial charge in [0.25, 0.3) is 0 Å². The molecular formula is C12H19FN2O. The molecule has 0 aromatic carbocycles. The quantitative estimate of drug-likeness (QED) is 0.808. The van der Waals surface area contributed by atoms with E-state index in [0.717, 1.165) is 12.1 Å². The molecule has 4 heteroatoms. The SMILES string of the molecule is CCOC(C)CNC(C)c1cncc(F)c1. The zero-order valence-corrected chi connectivity index (χ0v) is 10.0. The second kappa shape index (κ2) is 6.55. The fraction of sp³-hybridized carbons (Fsp3) is 0.583. The third-order valence-corrected chi connectivity index (χ3v) is 2.39. The highest BCUT2D eigenvalue weighted by molar-refractivity contribution is 5.14. The van der Waals surface area contributed by atoms with Crippen LogP contribution in [-0.2, 0) is 4.74 Å². The van der Waals surface area contributed by atoms with Crippen molar-refractivity contribution < 1.29 is 9.13 Å². The molecule has 1 heterocycles. The first-order valence-electron chi connectivity index (χ1n) is 5.59. The van der Waals surface area contributed by atoms with Gasteiger partial charge in [-0.2, -0.15) is 0 Å². The van der Waals surface area contributed by atoms with Gasteiger partial charge in [0.2, 0.25) is 0 Å². The highest BCUT2D eigenvalue weighted by Gasteiger charge is 2.08. The second-order valence-corrected chi connectivity index (χ2v) is 3.83. The summed E-state index contributed by atoms with van der Waals surface area (Å²) in [4.78, 5) is 3.82. The number of ether oxygens (including phenoxy) is 1. The largest absolute Gasteiger partial charge is 0.377 e. The minimum absolute atomic E-state index is 0.0751. The van der Waals surface area contributed by atoms with Crippen molar-refractivity contribution in [2.45, 2.75) is 32.9 Å². The second-order valence-electron chi connectivity index (χ2n) is 3.83. The Morgan fingerprint density at radius 2 is 2.19 bits per heavy atom. The van der Waals surface area contributed by atoms with Gasteiger partial charge in [-0.05, 0) is 32.4 Å². The lowest BCUT2D eigenvalue weighted by atomic mass is 10.1. The van der Waals surface area contributed by atoms with Gasteiger partial charge >= 0.3 is 0 Å². The summed E-state index contributed by atoms with van der Waals surface area (Å²) in [6, 6.07) is 1.57. The fourth-order valence-corrected chi connectivity index (χ4v) is 1.47. The Balaban J connectivity index is 2.43. The third-order valence-electron chi connectivity index (χ3n) is 2.39. The Labute approximate surface area is 96.0 Å². The molecule has 3 nitrogen and oxygen atoms in total. The molecule has 2 unspecified atom stereocenters. The number of aromatic nitrogens is 1. The summed E-state index contributed by atoms with van der Waals surface area (Å²) >= 11 is 0. The predicted octanol–water partition coefficient (Wildman–Crippen LogP) is 2.30. The molecule has 1 aromatic heterocycles. The minimum atomic E-state index is -0.302. The number of hydrogen-bond donors (Lipinski definition) is 1. The van der Waals surface area contributed by atoms with E-state index < -0.39 is 0 Å². The Hall–Kier alpha value is -1.00. The summed E-state index contributed by atoms with van der Waals surface area (Å²) in [5.74, 6) is -0.302. The molecular weight excluding hydrogens is 207 g/mol. The molecule has 0 radical (unpaired) electrons. The molecule has 0 aliphatic rings. The van der Waals surface area contributed by atoms with Crippen LogP contribution < -0.4 is 5.32 Å². The van der Waals surface area contributed by atoms with Crippen molar-refractivity contribution in [3.63, 3.8) is 0 Å². The average molecular weight is 226 g/mol. The monoisotopic (exact) mass is 226 g/mol. The van der Waals surface area contributed by atoms with E-state index >= 15 is 0 Å². The van der Waals surface area contributed by atoms with Gasteiger partial charge in [0, 0.05) is 25.4 Å². The van der Waals surface area contributed by atoms with E-state index in [1.165, 1.54) is 12.3 Å². The van der Waals surface area contributed by atoms with Crippen molar-refractivity contribution in [2.75, 3.05) is 13.2 Å². The van der Waals surface area contributed by atoms with Crippen LogP contribution in [0.2, 0.25) is 0 Å². The number of halogens is 1. The van der Waals surface area contributed by atoms with Crippen LogP contribution in [0.25, 0.3) is 0 Å². The molecule has 0 fully saturated rings. The summed E-state index contributed by atoms with van der Waals surface area (Å²) in [5, 5.41) is 3.28. The van der Waals surface area contributed by atoms with E-state index in [4.69, 9.17) is 4.74 Å². The van der Waals surface area contributed by atoms with Gasteiger partial charge in [0.05, 0.1) is 12.3 Å². The molecule has 0 saturated heterocycles. The molecule has 0 aliphatic heterocycles. The van der Waals surface area contributed by atoms with Crippen LogP contribution in [0.5, 0.6) is 0 Å². The predicted molar refractivity (Wildman–Crippen MR) is 61.7 cm³/mol. The van der Waals surface area contributed by atoms with Crippen molar-refractivity contribution in [1.29, 1.82) is 0 Å². The molecule has 1 aromatic rings. The Morgan fingerprint density at radius 3 is 2.81 bits per heavy atom. The zero-order valence-electron chi connectivity index (χ0n) is 10.0. The third kappa shape index (κ3) is 4.24. The summed E-state index contributed by atoms with van der Waals surface area (Å²) in [6.45, 7) is 7.41. The van der Waals surface area contributed by atoms with Crippen LogP contribution in [-0.4, -0.2) is 24.2 Å². The molecule has 1 rings (SSSR count). The van der Waals surface area contributed by atoms with Crippen LogP contribution >= 0.6 is 0 Å². The summed E-state index contributed by atoms with van der Waals surface area (Å²) < 4.78 is 18.3. The van der Waals surface area contributed by atoms with Crippen LogP contribution in [0.1, 0.15) is 32.4 Å². The molecule has 0 bridgehead atoms. The number of hydrogen-bond acceptors (Lipinski definition) is 3. The molecule has 16 heavy (non-hydrogen) atoms. The van der Waals surface area contributed by atoms with E-state index in [9.17, 15) is 4.39 Å². The zero-order chi connectivity index (χ0) is 12.0. The van der Waals surface area contributed by atoms with Crippen LogP contribution in [0.3, 0.4) is 0 Å². The summed E-state index contributed by atoms with van der Waals surface area (Å²) in [7, 11) is 0. The van der Waals surface area contributed by atoms with Crippen molar-refractivity contribution in [1.82, 2.24) is 10.3 Å². The highest BCUT2D eigenvalue weighted by Crippen LogP contribution is 2.11. The van der Waals surface area contributed by atoms with E-state index in [0.29, 0.717) is 6.61 Å². The number of pyridine rings is 1. The lowest BCUT2D eigenvalue weighted by Crippen LogP contribution is -2.29. The van der Waals surface area contributed by atoms with Gasteiger partial charge in [-0.1, -0.05) is 0 Å². The Morgan fingerprint density at radius 1 is 1.44 bits per heavy atom. The molecule has 2 atom stereocenters. The number of nitrogens with zero attached hydrogens (tertiary/aromatic N) is 1. The van der Waals surface area contributed by atoms with Gasteiger partial charge in [0.15, 0.2) is 0 Å². The Bertz CT molecular complexity index is 320. The number of nitrogens with one attached hydrogen (secondary N) is 1. The van der Waals surface area contributed by atoms with Gasteiger partial charge in [0.1, 0.15) is 5.82 Å². The molecule has 0 aliphatic carbocycles. The van der Waals surface area contributed by atoms with Crippen molar-refractivity contribution in [2.24, 2.45) is 0 Å². The van der Waals surface area contributed by atoms with Crippen LogP contribution in [0, 0.1) is 5.82 Å². The standard InChI is InChI=1S/C12H19FN2O/c1-4-16-9(2)6-15-10(3)11-5-12(13)8-14-7-11/h5,7-10,15H,4,6H2,1-3H3. The van der Waals surface area contributed by atoms with E-state index in [2.05, 4.69) is 10.3 Å². The summed E-state index contributed by atoms with van der Waals surface area (Å²) in [5.41, 5.74) is 0.851. The maximum absolute atomic E-state index is 12.9. The first-order chi connectivity index (χ1) is 7.63. The van der Waals surface area contributed by atoms with Crippen LogP contribution in [0.15, 0.2) is 18.5 Å². The summed E-state index contributed by atoms with van der Waals surface area (Å²) in [6.07, 6.45) is 3.04. The van der Waals surface area contributed by atoms with Crippen molar-refractivity contribution >= 4 is 0 Å². The molecule has 1 N–H and O–H groups in total. The maximum atomic E-state index is 12.9. The molecule has 90 valence electrons. The smallest absolute Gasteiger partial charge is 0.141 e. The van der Waals surface area contributed by atoms with Crippen LogP contribution in [0.4, 0.5) is 4.39 Å². The van der Waals surface area contributed by atoms with E-state index in [-0.39, 0.29) is 18.0 Å². The molecule has 0 amide bonds. The van der Waals surface area contributed by atoms with Gasteiger partial charge < -0.3 is 10.1 Å². The van der Waals surface area contributed by atoms with Gasteiger partial charge in [-0.3, -0.25) is 4.98 Å². The minimum Gasteiger partial charge on any atom is -0.377 e. The topological polar surface area (TPSA) is 34.1 Å². The first kappa shape index (κ1) is 13.1. The normalized spacial score (nSPS) is 14.8.